The van der Waals surface area contributed by atoms with Gasteiger partial charge < -0.3 is 5.11 Å². The molecule has 0 bridgehead atoms. The SMILES string of the molecule is Cc1cc(C(C)C)c(C(=O)O)cc1C(C)C. The third kappa shape index (κ3) is 2.43. The molecule has 0 aliphatic heterocycles. The zero-order chi connectivity index (χ0) is 12.5. The molecule has 0 fully saturated rings. The van der Waals surface area contributed by atoms with Gasteiger partial charge in [-0.1, -0.05) is 33.8 Å². The minimum absolute atomic E-state index is 0.242. The Morgan fingerprint density at radius 3 is 1.94 bits per heavy atom. The molecule has 16 heavy (non-hydrogen) atoms. The number of carboxylic acid groups (broad SMARTS) is 1. The number of aromatic carboxylic acids is 1. The molecule has 1 aromatic rings. The number of hydrogen-bond acceptors (Lipinski definition) is 1. The minimum atomic E-state index is -0.828. The third-order valence-electron chi connectivity index (χ3n) is 2.91. The number of aryl methyl sites for hydroxylation is 1. The average Bonchev–Trinajstić information content (AvgIpc) is 2.15. The molecule has 0 heterocycles. The second kappa shape index (κ2) is 4.69. The van der Waals surface area contributed by atoms with Crippen LogP contribution < -0.4 is 0 Å². The van der Waals surface area contributed by atoms with Crippen LogP contribution in [0.3, 0.4) is 0 Å². The molecular formula is C14H20O2. The van der Waals surface area contributed by atoms with E-state index in [2.05, 4.69) is 13.8 Å². The molecule has 0 unspecified atom stereocenters. The highest BCUT2D eigenvalue weighted by atomic mass is 16.4. The van der Waals surface area contributed by atoms with E-state index in [1.165, 1.54) is 5.56 Å². The van der Waals surface area contributed by atoms with Crippen molar-refractivity contribution in [3.63, 3.8) is 0 Å². The van der Waals surface area contributed by atoms with Gasteiger partial charge in [0, 0.05) is 0 Å². The average molecular weight is 220 g/mol. The van der Waals surface area contributed by atoms with Crippen LogP contribution in [-0.2, 0) is 0 Å². The number of rotatable bonds is 3. The van der Waals surface area contributed by atoms with Crippen molar-refractivity contribution in [1.29, 1.82) is 0 Å². The summed E-state index contributed by atoms with van der Waals surface area (Å²) < 4.78 is 0. The van der Waals surface area contributed by atoms with Gasteiger partial charge in [0.05, 0.1) is 5.56 Å². The molecule has 0 aromatic heterocycles. The Labute approximate surface area is 97.3 Å². The van der Waals surface area contributed by atoms with Gasteiger partial charge in [0.1, 0.15) is 0 Å². The molecule has 1 aromatic carbocycles. The van der Waals surface area contributed by atoms with E-state index in [4.69, 9.17) is 0 Å². The van der Waals surface area contributed by atoms with E-state index in [1.807, 2.05) is 32.9 Å². The summed E-state index contributed by atoms with van der Waals surface area (Å²) in [6, 6.07) is 3.85. The van der Waals surface area contributed by atoms with E-state index in [1.54, 1.807) is 0 Å². The summed E-state index contributed by atoms with van der Waals surface area (Å²) in [6.45, 7) is 10.3. The van der Waals surface area contributed by atoms with Gasteiger partial charge in [-0.15, -0.1) is 0 Å². The van der Waals surface area contributed by atoms with Crippen LogP contribution in [0.15, 0.2) is 12.1 Å². The van der Waals surface area contributed by atoms with E-state index in [-0.39, 0.29) is 5.92 Å². The summed E-state index contributed by atoms with van der Waals surface area (Å²) in [5.74, 6) is -0.226. The van der Waals surface area contributed by atoms with Gasteiger partial charge in [-0.05, 0) is 41.5 Å². The molecule has 0 aliphatic carbocycles. The molecule has 2 nitrogen and oxygen atoms in total. The lowest BCUT2D eigenvalue weighted by atomic mass is 9.88. The maximum atomic E-state index is 11.2. The monoisotopic (exact) mass is 220 g/mol. The highest BCUT2D eigenvalue weighted by molar-refractivity contribution is 5.90. The minimum Gasteiger partial charge on any atom is -0.478 e. The molecule has 0 aliphatic rings. The third-order valence-corrected chi connectivity index (χ3v) is 2.91. The molecule has 0 amide bonds. The van der Waals surface area contributed by atoms with E-state index in [0.29, 0.717) is 11.5 Å². The fraction of sp³-hybridized carbons (Fsp3) is 0.500. The van der Waals surface area contributed by atoms with E-state index in [9.17, 15) is 9.90 Å². The highest BCUT2D eigenvalue weighted by Crippen LogP contribution is 2.27. The molecule has 2 heteroatoms. The lowest BCUT2D eigenvalue weighted by molar-refractivity contribution is 0.0695. The first-order chi connectivity index (χ1) is 7.34. The zero-order valence-corrected chi connectivity index (χ0v) is 10.7. The van der Waals surface area contributed by atoms with Gasteiger partial charge in [-0.2, -0.15) is 0 Å². The predicted octanol–water partition coefficient (Wildman–Crippen LogP) is 3.94. The Hall–Kier alpha value is -1.31. The quantitative estimate of drug-likeness (QED) is 0.837. The maximum Gasteiger partial charge on any atom is 0.335 e. The summed E-state index contributed by atoms with van der Waals surface area (Å²) in [6.07, 6.45) is 0. The van der Waals surface area contributed by atoms with Crippen LogP contribution >= 0.6 is 0 Å². The Morgan fingerprint density at radius 2 is 1.56 bits per heavy atom. The van der Waals surface area contributed by atoms with Crippen LogP contribution in [0.4, 0.5) is 0 Å². The zero-order valence-electron chi connectivity index (χ0n) is 10.7. The van der Waals surface area contributed by atoms with Gasteiger partial charge in [0.25, 0.3) is 0 Å². The van der Waals surface area contributed by atoms with E-state index >= 15 is 0 Å². The van der Waals surface area contributed by atoms with Crippen LogP contribution in [-0.4, -0.2) is 11.1 Å². The second-order valence-corrected chi connectivity index (χ2v) is 4.91. The van der Waals surface area contributed by atoms with Crippen molar-refractivity contribution in [3.8, 4) is 0 Å². The Kier molecular flexibility index (Phi) is 3.74. The van der Waals surface area contributed by atoms with Gasteiger partial charge in [0.2, 0.25) is 0 Å². The number of carbonyl (C=O) groups is 1. The summed E-state index contributed by atoms with van der Waals surface area (Å²) in [5, 5.41) is 9.21. The normalized spacial score (nSPS) is 11.2. The van der Waals surface area contributed by atoms with Crippen molar-refractivity contribution < 1.29 is 9.90 Å². The molecule has 0 saturated carbocycles. The first-order valence-corrected chi connectivity index (χ1v) is 5.72. The van der Waals surface area contributed by atoms with Crippen molar-refractivity contribution in [2.24, 2.45) is 0 Å². The van der Waals surface area contributed by atoms with Crippen LogP contribution in [0.5, 0.6) is 0 Å². The summed E-state index contributed by atoms with van der Waals surface area (Å²) in [7, 11) is 0. The largest absolute Gasteiger partial charge is 0.478 e. The van der Waals surface area contributed by atoms with Gasteiger partial charge in [-0.25, -0.2) is 4.79 Å². The fourth-order valence-corrected chi connectivity index (χ4v) is 2.03. The Bertz CT molecular complexity index is 403. The molecule has 0 saturated heterocycles. The second-order valence-electron chi connectivity index (χ2n) is 4.91. The molecule has 0 atom stereocenters. The van der Waals surface area contributed by atoms with Gasteiger partial charge in [0.15, 0.2) is 0 Å². The number of carboxylic acids is 1. The highest BCUT2D eigenvalue weighted by Gasteiger charge is 2.16. The Morgan fingerprint density at radius 1 is 1.06 bits per heavy atom. The lowest BCUT2D eigenvalue weighted by Gasteiger charge is -2.16. The first-order valence-electron chi connectivity index (χ1n) is 5.72. The molecule has 0 radical (unpaired) electrons. The van der Waals surface area contributed by atoms with Crippen molar-refractivity contribution in [1.82, 2.24) is 0 Å². The molecular weight excluding hydrogens is 200 g/mol. The smallest absolute Gasteiger partial charge is 0.335 e. The van der Waals surface area contributed by atoms with Crippen molar-refractivity contribution in [3.05, 3.63) is 34.4 Å². The fourth-order valence-electron chi connectivity index (χ4n) is 2.03. The summed E-state index contributed by atoms with van der Waals surface area (Å²) >= 11 is 0. The van der Waals surface area contributed by atoms with Crippen LogP contribution in [0.25, 0.3) is 0 Å². The topological polar surface area (TPSA) is 37.3 Å². The van der Waals surface area contributed by atoms with Gasteiger partial charge >= 0.3 is 5.97 Å². The van der Waals surface area contributed by atoms with E-state index in [0.717, 1.165) is 11.1 Å². The molecule has 0 spiro atoms. The molecule has 1 rings (SSSR count). The van der Waals surface area contributed by atoms with E-state index < -0.39 is 5.97 Å². The van der Waals surface area contributed by atoms with Gasteiger partial charge in [-0.3, -0.25) is 0 Å². The molecule has 1 N–H and O–H groups in total. The van der Waals surface area contributed by atoms with Crippen molar-refractivity contribution >= 4 is 5.97 Å². The summed E-state index contributed by atoms with van der Waals surface area (Å²) in [5.41, 5.74) is 3.68. The number of hydrogen-bond donors (Lipinski definition) is 1. The van der Waals surface area contributed by atoms with Crippen LogP contribution in [0.1, 0.15) is 66.6 Å². The first kappa shape index (κ1) is 12.8. The number of benzene rings is 1. The van der Waals surface area contributed by atoms with Crippen LogP contribution in [0, 0.1) is 6.92 Å². The lowest BCUT2D eigenvalue weighted by Crippen LogP contribution is -2.07. The summed E-state index contributed by atoms with van der Waals surface area (Å²) in [4.78, 5) is 11.2. The van der Waals surface area contributed by atoms with Crippen molar-refractivity contribution in [2.75, 3.05) is 0 Å². The Balaban J connectivity index is 3.43. The maximum absolute atomic E-state index is 11.2. The standard InChI is InChI=1S/C14H20O2/c1-8(2)11-7-13(14(15)16)12(9(3)4)6-10(11)5/h6-9H,1-5H3,(H,15,16). The molecule has 88 valence electrons. The van der Waals surface area contributed by atoms with Crippen LogP contribution in [0.2, 0.25) is 0 Å². The van der Waals surface area contributed by atoms with Crippen molar-refractivity contribution in [2.45, 2.75) is 46.5 Å². The predicted molar refractivity (Wildman–Crippen MR) is 66.3 cm³/mol.